The third kappa shape index (κ3) is 1.65. The molecule has 2 rings (SSSR count). The number of nitrogens with zero attached hydrogens (tertiary/aromatic N) is 3. The van der Waals surface area contributed by atoms with Crippen molar-refractivity contribution in [3.63, 3.8) is 0 Å². The van der Waals surface area contributed by atoms with Gasteiger partial charge in [-0.1, -0.05) is 0 Å². The molecule has 72 valence electrons. The fourth-order valence-corrected chi connectivity index (χ4v) is 1.50. The van der Waals surface area contributed by atoms with Crippen LogP contribution in [0.5, 0.6) is 0 Å². The van der Waals surface area contributed by atoms with Crippen molar-refractivity contribution in [2.45, 2.75) is 25.4 Å². The zero-order chi connectivity index (χ0) is 9.26. The normalized spacial score (nSPS) is 23.3. The number of hydrogen-bond acceptors (Lipinski definition) is 4. The summed E-state index contributed by atoms with van der Waals surface area (Å²) in [5, 5.41) is 4.19. The molecule has 0 saturated carbocycles. The van der Waals surface area contributed by atoms with Crippen molar-refractivity contribution in [2.24, 2.45) is 7.05 Å². The van der Waals surface area contributed by atoms with Gasteiger partial charge in [-0.3, -0.25) is 0 Å². The molecular weight excluding hydrogens is 168 g/mol. The molecule has 1 aromatic heterocycles. The summed E-state index contributed by atoms with van der Waals surface area (Å²) in [4.78, 5) is 4.14. The van der Waals surface area contributed by atoms with E-state index in [1.165, 1.54) is 6.42 Å². The third-order valence-electron chi connectivity index (χ3n) is 2.28. The molecule has 1 aliphatic rings. The molecule has 0 amide bonds. The Morgan fingerprint density at radius 3 is 2.92 bits per heavy atom. The zero-order valence-corrected chi connectivity index (χ0v) is 7.73. The summed E-state index contributed by atoms with van der Waals surface area (Å²) in [6, 6.07) is 0. The van der Waals surface area contributed by atoms with E-state index in [2.05, 4.69) is 10.1 Å². The van der Waals surface area contributed by atoms with Gasteiger partial charge in [0.05, 0.1) is 0 Å². The number of ether oxygens (including phenoxy) is 1. The summed E-state index contributed by atoms with van der Waals surface area (Å²) >= 11 is 0. The smallest absolute Gasteiger partial charge is 0.218 e. The first kappa shape index (κ1) is 8.50. The lowest BCUT2D eigenvalue weighted by atomic mass is 10.1. The Morgan fingerprint density at radius 2 is 2.38 bits per heavy atom. The number of rotatable bonds is 1. The summed E-state index contributed by atoms with van der Waals surface area (Å²) in [5.41, 5.74) is 5.58. The van der Waals surface area contributed by atoms with Gasteiger partial charge in [0.25, 0.3) is 0 Å². The Labute approximate surface area is 76.9 Å². The molecule has 0 radical (unpaired) electrons. The molecular formula is C8H14N4O. The second kappa shape index (κ2) is 3.33. The number of nitrogens with two attached hydrogens (primary N) is 1. The highest BCUT2D eigenvalue weighted by Gasteiger charge is 2.20. The van der Waals surface area contributed by atoms with E-state index in [4.69, 9.17) is 10.5 Å². The largest absolute Gasteiger partial charge is 0.370 e. The molecule has 5 nitrogen and oxygen atoms in total. The van der Waals surface area contributed by atoms with Crippen LogP contribution >= 0.6 is 0 Å². The van der Waals surface area contributed by atoms with Gasteiger partial charge in [-0.15, -0.1) is 0 Å². The maximum absolute atomic E-state index is 5.58. The van der Waals surface area contributed by atoms with Crippen LogP contribution in [0, 0.1) is 0 Å². The molecule has 2 heterocycles. The quantitative estimate of drug-likeness (QED) is 0.692. The summed E-state index contributed by atoms with van der Waals surface area (Å²) in [5.74, 6) is 1.17. The van der Waals surface area contributed by atoms with Crippen LogP contribution in [-0.4, -0.2) is 21.4 Å². The standard InChI is InChI=1S/C8H14N4O/c1-12-8(9)10-7(11-12)6-4-2-3-5-13-6/h6H,2-5H2,1H3,(H2,9,10,11). The Balaban J connectivity index is 2.14. The van der Waals surface area contributed by atoms with Crippen molar-refractivity contribution in [1.29, 1.82) is 0 Å². The van der Waals surface area contributed by atoms with Gasteiger partial charge in [-0.2, -0.15) is 10.1 Å². The molecule has 0 aromatic carbocycles. The SMILES string of the molecule is Cn1nc(C2CCCCO2)nc1N. The number of aromatic nitrogens is 3. The van der Waals surface area contributed by atoms with E-state index in [0.29, 0.717) is 5.95 Å². The molecule has 5 heteroatoms. The van der Waals surface area contributed by atoms with Gasteiger partial charge in [0.2, 0.25) is 5.95 Å². The molecule has 1 saturated heterocycles. The minimum atomic E-state index is 0.0530. The second-order valence-corrected chi connectivity index (χ2v) is 3.31. The van der Waals surface area contributed by atoms with Crippen molar-refractivity contribution >= 4 is 5.95 Å². The van der Waals surface area contributed by atoms with Crippen LogP contribution in [0.2, 0.25) is 0 Å². The van der Waals surface area contributed by atoms with Crippen molar-refractivity contribution in [1.82, 2.24) is 14.8 Å². The molecule has 0 bridgehead atoms. The fraction of sp³-hybridized carbons (Fsp3) is 0.750. The van der Waals surface area contributed by atoms with Crippen LogP contribution in [0.4, 0.5) is 5.95 Å². The Bertz CT molecular complexity index is 271. The maximum Gasteiger partial charge on any atom is 0.218 e. The maximum atomic E-state index is 5.58. The van der Waals surface area contributed by atoms with E-state index in [1.54, 1.807) is 11.7 Å². The molecule has 1 fully saturated rings. The first-order valence-electron chi connectivity index (χ1n) is 4.55. The minimum Gasteiger partial charge on any atom is -0.370 e. The number of nitrogen functional groups attached to an aromatic ring is 1. The summed E-state index contributed by atoms with van der Waals surface area (Å²) in [6.45, 7) is 0.808. The monoisotopic (exact) mass is 182 g/mol. The van der Waals surface area contributed by atoms with Crippen LogP contribution in [0.1, 0.15) is 31.2 Å². The zero-order valence-electron chi connectivity index (χ0n) is 7.73. The second-order valence-electron chi connectivity index (χ2n) is 3.31. The summed E-state index contributed by atoms with van der Waals surface area (Å²) in [7, 11) is 1.79. The van der Waals surface area contributed by atoms with Gasteiger partial charge in [-0.25, -0.2) is 4.68 Å². The van der Waals surface area contributed by atoms with Gasteiger partial charge in [0, 0.05) is 13.7 Å². The molecule has 13 heavy (non-hydrogen) atoms. The third-order valence-corrected chi connectivity index (χ3v) is 2.28. The first-order valence-corrected chi connectivity index (χ1v) is 4.55. The van der Waals surface area contributed by atoms with E-state index in [-0.39, 0.29) is 6.10 Å². The average molecular weight is 182 g/mol. The van der Waals surface area contributed by atoms with Crippen LogP contribution in [-0.2, 0) is 11.8 Å². The number of anilines is 1. The molecule has 1 aromatic rings. The van der Waals surface area contributed by atoms with Gasteiger partial charge >= 0.3 is 0 Å². The fourth-order valence-electron chi connectivity index (χ4n) is 1.50. The molecule has 2 N–H and O–H groups in total. The molecule has 1 aliphatic heterocycles. The molecule has 1 unspecified atom stereocenters. The number of hydrogen-bond donors (Lipinski definition) is 1. The molecule has 1 atom stereocenters. The highest BCUT2D eigenvalue weighted by molar-refractivity contribution is 5.16. The first-order chi connectivity index (χ1) is 6.27. The Hall–Kier alpha value is -1.10. The Morgan fingerprint density at radius 1 is 1.54 bits per heavy atom. The van der Waals surface area contributed by atoms with E-state index in [1.807, 2.05) is 0 Å². The highest BCUT2D eigenvalue weighted by atomic mass is 16.5. The van der Waals surface area contributed by atoms with Crippen molar-refractivity contribution in [3.05, 3.63) is 5.82 Å². The van der Waals surface area contributed by atoms with E-state index in [0.717, 1.165) is 25.3 Å². The van der Waals surface area contributed by atoms with Crippen LogP contribution in [0.15, 0.2) is 0 Å². The van der Waals surface area contributed by atoms with Crippen molar-refractivity contribution in [2.75, 3.05) is 12.3 Å². The van der Waals surface area contributed by atoms with E-state index in [9.17, 15) is 0 Å². The molecule has 0 aliphatic carbocycles. The van der Waals surface area contributed by atoms with Gasteiger partial charge in [0.15, 0.2) is 5.82 Å². The van der Waals surface area contributed by atoms with Gasteiger partial charge < -0.3 is 10.5 Å². The predicted molar refractivity (Wildman–Crippen MR) is 48.0 cm³/mol. The van der Waals surface area contributed by atoms with Crippen LogP contribution in [0.25, 0.3) is 0 Å². The van der Waals surface area contributed by atoms with Crippen LogP contribution in [0.3, 0.4) is 0 Å². The van der Waals surface area contributed by atoms with Crippen molar-refractivity contribution < 1.29 is 4.74 Å². The summed E-state index contributed by atoms with van der Waals surface area (Å²) in [6.07, 6.45) is 3.38. The topological polar surface area (TPSA) is 66.0 Å². The van der Waals surface area contributed by atoms with Crippen LogP contribution < -0.4 is 5.73 Å². The lowest BCUT2D eigenvalue weighted by molar-refractivity contribution is 0.00945. The lowest BCUT2D eigenvalue weighted by Crippen LogP contribution is -2.13. The lowest BCUT2D eigenvalue weighted by Gasteiger charge is -2.19. The van der Waals surface area contributed by atoms with Crippen molar-refractivity contribution in [3.8, 4) is 0 Å². The number of aryl methyl sites for hydroxylation is 1. The average Bonchev–Trinajstić information content (AvgIpc) is 2.49. The van der Waals surface area contributed by atoms with Gasteiger partial charge in [0.1, 0.15) is 6.10 Å². The van der Waals surface area contributed by atoms with E-state index >= 15 is 0 Å². The molecule has 0 spiro atoms. The van der Waals surface area contributed by atoms with Gasteiger partial charge in [-0.05, 0) is 19.3 Å². The van der Waals surface area contributed by atoms with E-state index < -0.39 is 0 Å². The Kier molecular flexibility index (Phi) is 2.18. The highest BCUT2D eigenvalue weighted by Crippen LogP contribution is 2.25. The summed E-state index contributed by atoms with van der Waals surface area (Å²) < 4.78 is 7.12. The minimum absolute atomic E-state index is 0.0530. The predicted octanol–water partition coefficient (Wildman–Crippen LogP) is 0.639.